The molecule has 36 heavy (non-hydrogen) atoms. The van der Waals surface area contributed by atoms with Crippen LogP contribution in [-0.2, 0) is 6.61 Å². The van der Waals surface area contributed by atoms with E-state index in [0.29, 0.717) is 51.5 Å². The number of hydrogen-bond donors (Lipinski definition) is 1. The maximum Gasteiger partial charge on any atom is 0.161 e. The molecule has 0 atom stereocenters. The number of nitrogens with two attached hydrogens (primary N) is 1. The number of hydrogen-bond acceptors (Lipinski definition) is 6. The quantitative estimate of drug-likeness (QED) is 0.341. The highest BCUT2D eigenvalue weighted by Gasteiger charge is 2.23. The number of halogens is 1. The minimum absolute atomic E-state index is 0.0125. The second-order valence-electron chi connectivity index (χ2n) is 7.97. The largest absolute Gasteiger partial charge is 0.490 e. The van der Waals surface area contributed by atoms with E-state index in [2.05, 4.69) is 17.1 Å². The van der Waals surface area contributed by atoms with E-state index in [-0.39, 0.29) is 29.4 Å². The van der Waals surface area contributed by atoms with Crippen molar-refractivity contribution >= 4 is 22.5 Å². The smallest absolute Gasteiger partial charge is 0.161 e. The minimum Gasteiger partial charge on any atom is -0.490 e. The highest BCUT2D eigenvalue weighted by atomic mass is 19.1. The summed E-state index contributed by atoms with van der Waals surface area (Å²) in [7, 11) is 0. The van der Waals surface area contributed by atoms with Crippen molar-refractivity contribution in [3.8, 4) is 34.8 Å². The average Bonchev–Trinajstić information content (AvgIpc) is 3.28. The Hall–Kier alpha value is -5.08. The van der Waals surface area contributed by atoms with Gasteiger partial charge in [-0.3, -0.25) is 4.40 Å². The maximum absolute atomic E-state index is 14.0. The fourth-order valence-corrected chi connectivity index (χ4v) is 4.24. The summed E-state index contributed by atoms with van der Waals surface area (Å²) in [5, 5.41) is 20.2. The number of nitrogens with zero attached hydrogens (tertiary/aromatic N) is 4. The van der Waals surface area contributed by atoms with Crippen molar-refractivity contribution in [1.29, 1.82) is 10.5 Å². The number of pyridine rings is 1. The van der Waals surface area contributed by atoms with Crippen molar-refractivity contribution in [1.82, 2.24) is 9.38 Å². The van der Waals surface area contributed by atoms with Crippen LogP contribution < -0.4 is 15.2 Å². The summed E-state index contributed by atoms with van der Waals surface area (Å²) in [6, 6.07) is 23.2. The third-order valence-corrected chi connectivity index (χ3v) is 5.88. The molecule has 2 N–H and O–H groups in total. The van der Waals surface area contributed by atoms with E-state index < -0.39 is 0 Å². The predicted octanol–water partition coefficient (Wildman–Crippen LogP) is 5.60. The topological polar surface area (TPSA) is 109 Å². The Morgan fingerprint density at radius 1 is 0.944 bits per heavy atom. The molecule has 0 bridgehead atoms. The number of aromatic nitrogens is 2. The van der Waals surface area contributed by atoms with Crippen LogP contribution in [0.1, 0.15) is 23.6 Å². The number of ether oxygens (including phenoxy) is 2. The molecule has 0 aliphatic heterocycles. The SMILES string of the molecule is CCOc1cc(-c2c(C#N)c(N)n3c(nc4ccccc43)c2C#N)ccc1OCc1ccccc1F. The van der Waals surface area contributed by atoms with Crippen LogP contribution in [0.15, 0.2) is 66.7 Å². The molecule has 8 heteroatoms. The van der Waals surface area contributed by atoms with Crippen molar-refractivity contribution in [2.75, 3.05) is 12.3 Å². The molecule has 2 aromatic heterocycles. The highest BCUT2D eigenvalue weighted by molar-refractivity contribution is 5.93. The lowest BCUT2D eigenvalue weighted by atomic mass is 9.96. The molecule has 3 aromatic carbocycles. The predicted molar refractivity (Wildman–Crippen MR) is 134 cm³/mol. The summed E-state index contributed by atoms with van der Waals surface area (Å²) in [6.45, 7) is 2.19. The molecule has 0 aliphatic carbocycles. The Labute approximate surface area is 206 Å². The first kappa shape index (κ1) is 22.7. The molecule has 0 saturated heterocycles. The number of fused-ring (bicyclic) bond motifs is 3. The standard InChI is InChI=1S/C28H20FN5O2/c1-2-35-25-13-17(11-12-24(25)36-16-18-7-3-4-8-21(18)29)26-19(14-30)27(32)34-23-10-6-5-9-22(23)33-28(34)20(26)15-31/h3-13H,2,16,32H2,1H3. The van der Waals surface area contributed by atoms with Gasteiger partial charge in [0.25, 0.3) is 0 Å². The van der Waals surface area contributed by atoms with E-state index in [1.54, 1.807) is 40.8 Å². The van der Waals surface area contributed by atoms with Crippen LogP contribution in [0.25, 0.3) is 27.8 Å². The van der Waals surface area contributed by atoms with E-state index in [4.69, 9.17) is 15.2 Å². The first-order valence-electron chi connectivity index (χ1n) is 11.2. The third-order valence-electron chi connectivity index (χ3n) is 5.88. The van der Waals surface area contributed by atoms with E-state index in [9.17, 15) is 14.9 Å². The van der Waals surface area contributed by atoms with Gasteiger partial charge in [-0.05, 0) is 42.8 Å². The zero-order valence-electron chi connectivity index (χ0n) is 19.3. The maximum atomic E-state index is 14.0. The molecule has 5 aromatic rings. The second-order valence-corrected chi connectivity index (χ2v) is 7.97. The van der Waals surface area contributed by atoms with Crippen LogP contribution in [0.2, 0.25) is 0 Å². The van der Waals surface area contributed by atoms with Crippen molar-refractivity contribution < 1.29 is 13.9 Å². The molecule has 0 saturated carbocycles. The van der Waals surface area contributed by atoms with E-state index in [1.165, 1.54) is 6.07 Å². The molecule has 0 fully saturated rings. The Balaban J connectivity index is 1.67. The fraction of sp³-hybridized carbons (Fsp3) is 0.107. The Morgan fingerprint density at radius 2 is 1.69 bits per heavy atom. The second kappa shape index (κ2) is 9.28. The zero-order chi connectivity index (χ0) is 25.2. The molecule has 0 amide bonds. The summed E-state index contributed by atoms with van der Waals surface area (Å²) < 4.78 is 27.3. The fourth-order valence-electron chi connectivity index (χ4n) is 4.24. The van der Waals surface area contributed by atoms with Crippen molar-refractivity contribution in [2.24, 2.45) is 0 Å². The number of rotatable bonds is 6. The molecule has 0 spiro atoms. The summed E-state index contributed by atoms with van der Waals surface area (Å²) in [5.41, 5.74) is 9.88. The number of anilines is 1. The van der Waals surface area contributed by atoms with Gasteiger partial charge in [0.1, 0.15) is 41.5 Å². The van der Waals surface area contributed by atoms with Gasteiger partial charge in [0, 0.05) is 11.1 Å². The Kier molecular flexibility index (Phi) is 5.85. The molecule has 0 radical (unpaired) electrons. The molecule has 5 rings (SSSR count). The minimum atomic E-state index is -0.361. The molecule has 176 valence electrons. The van der Waals surface area contributed by atoms with Gasteiger partial charge in [0.05, 0.1) is 17.6 Å². The average molecular weight is 477 g/mol. The number of benzene rings is 3. The molecule has 0 unspecified atom stereocenters. The number of nitrogen functional groups attached to an aromatic ring is 1. The number of imidazole rings is 1. The summed E-state index contributed by atoms with van der Waals surface area (Å²) >= 11 is 0. The van der Waals surface area contributed by atoms with Gasteiger partial charge in [-0.2, -0.15) is 10.5 Å². The lowest BCUT2D eigenvalue weighted by Crippen LogP contribution is -2.06. The van der Waals surface area contributed by atoms with Gasteiger partial charge >= 0.3 is 0 Å². The van der Waals surface area contributed by atoms with Crippen LogP contribution in [0.3, 0.4) is 0 Å². The van der Waals surface area contributed by atoms with Crippen LogP contribution in [0.5, 0.6) is 11.5 Å². The molecular weight excluding hydrogens is 457 g/mol. The van der Waals surface area contributed by atoms with E-state index in [1.807, 2.05) is 31.2 Å². The van der Waals surface area contributed by atoms with Crippen LogP contribution >= 0.6 is 0 Å². The Bertz CT molecular complexity index is 1710. The van der Waals surface area contributed by atoms with Gasteiger partial charge < -0.3 is 15.2 Å². The first-order valence-corrected chi connectivity index (χ1v) is 11.2. The van der Waals surface area contributed by atoms with E-state index >= 15 is 0 Å². The van der Waals surface area contributed by atoms with Crippen LogP contribution in [-0.4, -0.2) is 16.0 Å². The Morgan fingerprint density at radius 3 is 2.44 bits per heavy atom. The highest BCUT2D eigenvalue weighted by Crippen LogP contribution is 2.39. The van der Waals surface area contributed by atoms with Crippen molar-refractivity contribution in [3.05, 3.63) is 89.2 Å². The summed E-state index contributed by atoms with van der Waals surface area (Å²) in [4.78, 5) is 4.62. The number of nitriles is 2. The van der Waals surface area contributed by atoms with Crippen LogP contribution in [0, 0.1) is 28.5 Å². The third kappa shape index (κ3) is 3.71. The van der Waals surface area contributed by atoms with Crippen LogP contribution in [0.4, 0.5) is 10.2 Å². The van der Waals surface area contributed by atoms with Crippen molar-refractivity contribution in [3.63, 3.8) is 0 Å². The van der Waals surface area contributed by atoms with E-state index in [0.717, 1.165) is 0 Å². The molecule has 2 heterocycles. The normalized spacial score (nSPS) is 10.8. The molecule has 7 nitrogen and oxygen atoms in total. The van der Waals surface area contributed by atoms with Crippen molar-refractivity contribution in [2.45, 2.75) is 13.5 Å². The molecular formula is C28H20FN5O2. The number of para-hydroxylation sites is 2. The van der Waals surface area contributed by atoms with Gasteiger partial charge in [-0.25, -0.2) is 9.37 Å². The lowest BCUT2D eigenvalue weighted by Gasteiger charge is -2.16. The summed E-state index contributed by atoms with van der Waals surface area (Å²) in [6.07, 6.45) is 0. The van der Waals surface area contributed by atoms with Gasteiger partial charge in [-0.15, -0.1) is 0 Å². The molecule has 0 aliphatic rings. The zero-order valence-corrected chi connectivity index (χ0v) is 19.3. The van der Waals surface area contributed by atoms with Gasteiger partial charge in [0.15, 0.2) is 17.1 Å². The summed E-state index contributed by atoms with van der Waals surface area (Å²) in [5.74, 6) is 0.626. The first-order chi connectivity index (χ1) is 17.6. The lowest BCUT2D eigenvalue weighted by molar-refractivity contribution is 0.266. The van der Waals surface area contributed by atoms with Gasteiger partial charge in [-0.1, -0.05) is 36.4 Å². The monoisotopic (exact) mass is 477 g/mol. The van der Waals surface area contributed by atoms with Gasteiger partial charge in [0.2, 0.25) is 0 Å².